The first-order valence-corrected chi connectivity index (χ1v) is 5.75. The lowest BCUT2D eigenvalue weighted by atomic mass is 10.1. The van der Waals surface area contributed by atoms with Gasteiger partial charge in [-0.25, -0.2) is 4.79 Å². The van der Waals surface area contributed by atoms with Crippen LogP contribution in [0.15, 0.2) is 16.8 Å². The molecule has 0 aromatic carbocycles. The number of amides is 2. The van der Waals surface area contributed by atoms with Crippen LogP contribution < -0.4 is 11.1 Å². The van der Waals surface area contributed by atoms with Crippen molar-refractivity contribution in [1.82, 2.24) is 5.32 Å². The molecule has 0 unspecified atom stereocenters. The highest BCUT2D eigenvalue weighted by atomic mass is 32.1. The molecule has 17 heavy (non-hydrogen) atoms. The van der Waals surface area contributed by atoms with Gasteiger partial charge in [-0.2, -0.15) is 11.3 Å². The average Bonchev–Trinajstić information content (AvgIpc) is 2.68. The van der Waals surface area contributed by atoms with Crippen molar-refractivity contribution in [1.29, 1.82) is 0 Å². The quantitative estimate of drug-likeness (QED) is 0.651. The van der Waals surface area contributed by atoms with E-state index < -0.39 is 30.2 Å². The number of primary amides is 1. The zero-order chi connectivity index (χ0) is 12.8. The maximum atomic E-state index is 11.5. The largest absolute Gasteiger partial charge is 0.480 e. The summed E-state index contributed by atoms with van der Waals surface area (Å²) in [7, 11) is 0. The summed E-state index contributed by atoms with van der Waals surface area (Å²) < 4.78 is 0. The molecule has 2 amide bonds. The van der Waals surface area contributed by atoms with Gasteiger partial charge in [-0.1, -0.05) is 0 Å². The molecule has 0 saturated heterocycles. The summed E-state index contributed by atoms with van der Waals surface area (Å²) in [6, 6.07) is 0.507. The van der Waals surface area contributed by atoms with Crippen LogP contribution in [-0.2, 0) is 20.8 Å². The standard InChI is InChI=1S/C10H12N2O4S/c11-8(13)4-7(10(15)16)12-9(14)3-6-1-2-17-5-6/h1-2,5,7H,3-4H2,(H2,11,13)(H,12,14)(H,15,16)/t7-/m0/s1. The topological polar surface area (TPSA) is 109 Å². The molecule has 7 heteroatoms. The van der Waals surface area contributed by atoms with Crippen LogP contribution in [-0.4, -0.2) is 28.9 Å². The summed E-state index contributed by atoms with van der Waals surface area (Å²) >= 11 is 1.45. The molecule has 1 aromatic heterocycles. The van der Waals surface area contributed by atoms with Gasteiger partial charge in [0.2, 0.25) is 11.8 Å². The first kappa shape index (κ1) is 13.2. The first-order chi connectivity index (χ1) is 7.99. The molecule has 0 spiro atoms. The minimum atomic E-state index is -1.28. The Morgan fingerprint density at radius 3 is 2.65 bits per heavy atom. The number of thiophene rings is 1. The van der Waals surface area contributed by atoms with E-state index in [2.05, 4.69) is 5.32 Å². The van der Waals surface area contributed by atoms with E-state index in [9.17, 15) is 14.4 Å². The summed E-state index contributed by atoms with van der Waals surface area (Å²) in [5, 5.41) is 14.6. The van der Waals surface area contributed by atoms with E-state index in [1.54, 1.807) is 11.4 Å². The van der Waals surface area contributed by atoms with Gasteiger partial charge in [-0.15, -0.1) is 0 Å². The number of nitrogens with one attached hydrogen (secondary N) is 1. The molecule has 1 heterocycles. The van der Waals surface area contributed by atoms with Crippen LogP contribution >= 0.6 is 11.3 Å². The number of carbonyl (C=O) groups is 3. The fourth-order valence-corrected chi connectivity index (χ4v) is 1.89. The van der Waals surface area contributed by atoms with E-state index in [0.717, 1.165) is 5.56 Å². The van der Waals surface area contributed by atoms with Crippen molar-refractivity contribution in [2.24, 2.45) is 5.73 Å². The van der Waals surface area contributed by atoms with Gasteiger partial charge in [0.1, 0.15) is 6.04 Å². The zero-order valence-corrected chi connectivity index (χ0v) is 9.70. The molecule has 0 bridgehead atoms. The normalized spacial score (nSPS) is 11.8. The third-order valence-electron chi connectivity index (χ3n) is 1.98. The van der Waals surface area contributed by atoms with Crippen molar-refractivity contribution in [2.75, 3.05) is 0 Å². The summed E-state index contributed by atoms with van der Waals surface area (Å²) in [5.41, 5.74) is 5.69. The third-order valence-corrected chi connectivity index (χ3v) is 2.72. The van der Waals surface area contributed by atoms with Gasteiger partial charge in [0, 0.05) is 0 Å². The van der Waals surface area contributed by atoms with Crippen molar-refractivity contribution < 1.29 is 19.5 Å². The molecule has 0 radical (unpaired) electrons. The van der Waals surface area contributed by atoms with Crippen LogP contribution in [0.5, 0.6) is 0 Å². The molecule has 0 aliphatic heterocycles. The first-order valence-electron chi connectivity index (χ1n) is 4.80. The molecule has 6 nitrogen and oxygen atoms in total. The molecule has 1 atom stereocenters. The van der Waals surface area contributed by atoms with E-state index in [1.165, 1.54) is 11.3 Å². The monoisotopic (exact) mass is 256 g/mol. The van der Waals surface area contributed by atoms with Crippen molar-refractivity contribution in [3.05, 3.63) is 22.4 Å². The third kappa shape index (κ3) is 4.64. The van der Waals surface area contributed by atoms with Crippen LogP contribution in [0.3, 0.4) is 0 Å². The SMILES string of the molecule is NC(=O)C[C@H](NC(=O)Cc1ccsc1)C(=O)O. The number of nitrogens with two attached hydrogens (primary N) is 1. The van der Waals surface area contributed by atoms with E-state index in [0.29, 0.717) is 0 Å². The molecular weight excluding hydrogens is 244 g/mol. The molecular formula is C10H12N2O4S. The van der Waals surface area contributed by atoms with Crippen molar-refractivity contribution >= 4 is 29.1 Å². The van der Waals surface area contributed by atoms with E-state index in [1.807, 2.05) is 5.38 Å². The lowest BCUT2D eigenvalue weighted by molar-refractivity contribution is -0.143. The summed E-state index contributed by atoms with van der Waals surface area (Å²) in [6.45, 7) is 0. The minimum Gasteiger partial charge on any atom is -0.480 e. The molecule has 1 aromatic rings. The van der Waals surface area contributed by atoms with Crippen LogP contribution in [0.4, 0.5) is 0 Å². The van der Waals surface area contributed by atoms with E-state index >= 15 is 0 Å². The van der Waals surface area contributed by atoms with Crippen LogP contribution in [0.2, 0.25) is 0 Å². The average molecular weight is 256 g/mol. The van der Waals surface area contributed by atoms with Crippen molar-refractivity contribution in [2.45, 2.75) is 18.9 Å². The van der Waals surface area contributed by atoms with Gasteiger partial charge in [-0.05, 0) is 22.4 Å². The van der Waals surface area contributed by atoms with Gasteiger partial charge in [0.05, 0.1) is 12.8 Å². The molecule has 0 fully saturated rings. The van der Waals surface area contributed by atoms with Gasteiger partial charge < -0.3 is 16.2 Å². The Hall–Kier alpha value is -1.89. The molecule has 0 aliphatic carbocycles. The van der Waals surface area contributed by atoms with Crippen LogP contribution in [0.25, 0.3) is 0 Å². The Kier molecular flexibility index (Phi) is 4.65. The van der Waals surface area contributed by atoms with Crippen molar-refractivity contribution in [3.63, 3.8) is 0 Å². The second kappa shape index (κ2) is 6.00. The maximum absolute atomic E-state index is 11.5. The van der Waals surface area contributed by atoms with Gasteiger partial charge in [-0.3, -0.25) is 9.59 Å². The fraction of sp³-hybridized carbons (Fsp3) is 0.300. The number of aliphatic carboxylic acids is 1. The Labute approximate surface area is 101 Å². The number of carboxylic acid groups (broad SMARTS) is 1. The summed E-state index contributed by atoms with van der Waals surface area (Å²) in [5.74, 6) is -2.49. The second-order valence-electron chi connectivity index (χ2n) is 3.44. The highest BCUT2D eigenvalue weighted by molar-refractivity contribution is 7.07. The van der Waals surface area contributed by atoms with E-state index in [4.69, 9.17) is 10.8 Å². The van der Waals surface area contributed by atoms with Gasteiger partial charge >= 0.3 is 5.97 Å². The zero-order valence-electron chi connectivity index (χ0n) is 8.88. The fourth-order valence-electron chi connectivity index (χ4n) is 1.23. The Balaban J connectivity index is 2.52. The maximum Gasteiger partial charge on any atom is 0.326 e. The molecule has 0 saturated carbocycles. The number of rotatable bonds is 6. The van der Waals surface area contributed by atoms with E-state index in [-0.39, 0.29) is 6.42 Å². The highest BCUT2D eigenvalue weighted by Gasteiger charge is 2.21. The van der Waals surface area contributed by atoms with Gasteiger partial charge in [0.15, 0.2) is 0 Å². The molecule has 1 rings (SSSR count). The highest BCUT2D eigenvalue weighted by Crippen LogP contribution is 2.06. The Morgan fingerprint density at radius 2 is 2.18 bits per heavy atom. The Morgan fingerprint density at radius 1 is 1.47 bits per heavy atom. The van der Waals surface area contributed by atoms with Gasteiger partial charge in [0.25, 0.3) is 0 Å². The lowest BCUT2D eigenvalue weighted by Gasteiger charge is -2.12. The van der Waals surface area contributed by atoms with Crippen LogP contribution in [0, 0.1) is 0 Å². The van der Waals surface area contributed by atoms with Crippen molar-refractivity contribution in [3.8, 4) is 0 Å². The molecule has 4 N–H and O–H groups in total. The lowest BCUT2D eigenvalue weighted by Crippen LogP contribution is -2.43. The predicted molar refractivity (Wildman–Crippen MR) is 61.4 cm³/mol. The number of carboxylic acids is 1. The number of hydrogen-bond acceptors (Lipinski definition) is 4. The number of hydrogen-bond donors (Lipinski definition) is 3. The minimum absolute atomic E-state index is 0.0893. The number of carbonyl (C=O) groups excluding carboxylic acids is 2. The predicted octanol–water partition coefficient (Wildman–Crippen LogP) is -0.265. The smallest absolute Gasteiger partial charge is 0.326 e. The Bertz CT molecular complexity index is 416. The second-order valence-corrected chi connectivity index (χ2v) is 4.22. The summed E-state index contributed by atoms with van der Waals surface area (Å²) in [6.07, 6.45) is -0.323. The van der Waals surface area contributed by atoms with Crippen LogP contribution in [0.1, 0.15) is 12.0 Å². The molecule has 0 aliphatic rings. The molecule has 92 valence electrons. The summed E-state index contributed by atoms with van der Waals surface area (Å²) in [4.78, 5) is 32.9.